The average molecular weight is 430 g/mol. The number of nitrogens with one attached hydrogen (secondary N) is 1. The summed E-state index contributed by atoms with van der Waals surface area (Å²) in [5, 5.41) is 2.52. The van der Waals surface area contributed by atoms with Crippen molar-refractivity contribution in [3.8, 4) is 5.75 Å². The second-order valence-corrected chi connectivity index (χ2v) is 9.28. The zero-order valence-electron chi connectivity index (χ0n) is 16.8. The van der Waals surface area contributed by atoms with E-state index in [4.69, 9.17) is 4.74 Å². The summed E-state index contributed by atoms with van der Waals surface area (Å²) in [7, 11) is -2.43. The predicted octanol–water partition coefficient (Wildman–Crippen LogP) is 1.97. The van der Waals surface area contributed by atoms with Crippen LogP contribution in [0.1, 0.15) is 22.8 Å². The summed E-state index contributed by atoms with van der Waals surface area (Å²) >= 11 is 0. The minimum absolute atomic E-state index is 0.120. The molecule has 158 valence electrons. The smallest absolute Gasteiger partial charge is 0.267 e. The molecule has 1 aliphatic heterocycles. The van der Waals surface area contributed by atoms with Gasteiger partial charge in [0.2, 0.25) is 5.91 Å². The van der Waals surface area contributed by atoms with E-state index in [1.807, 2.05) is 13.0 Å². The van der Waals surface area contributed by atoms with Crippen molar-refractivity contribution in [2.45, 2.75) is 20.0 Å². The van der Waals surface area contributed by atoms with E-state index >= 15 is 0 Å². The molecule has 1 N–H and O–H groups in total. The first kappa shape index (κ1) is 21.5. The number of aryl methyl sites for hydroxylation is 1. The van der Waals surface area contributed by atoms with Gasteiger partial charge in [-0.1, -0.05) is 12.1 Å². The zero-order chi connectivity index (χ0) is 22.1. The number of sulfone groups is 1. The number of Topliss-reactive ketones (excluding diaryl/α,β-unsaturated/α-hetero) is 1. The Kier molecular flexibility index (Phi) is 5.93. The number of carbonyl (C=O) groups excluding carboxylic acids is 3. The van der Waals surface area contributed by atoms with E-state index in [0.29, 0.717) is 17.1 Å². The maximum atomic E-state index is 12.5. The van der Waals surface area contributed by atoms with Crippen LogP contribution < -0.4 is 15.0 Å². The largest absolute Gasteiger partial charge is 0.479 e. The highest BCUT2D eigenvalue weighted by molar-refractivity contribution is 7.92. The number of benzene rings is 2. The highest BCUT2D eigenvalue weighted by atomic mass is 32.2. The minimum Gasteiger partial charge on any atom is -0.479 e. The minimum atomic E-state index is -3.99. The molecule has 0 bridgehead atoms. The summed E-state index contributed by atoms with van der Waals surface area (Å²) in [6.07, 6.45) is -0.642. The highest BCUT2D eigenvalue weighted by Gasteiger charge is 2.30. The fourth-order valence-corrected chi connectivity index (χ4v) is 4.28. The molecule has 0 aliphatic carbocycles. The lowest BCUT2D eigenvalue weighted by Crippen LogP contribution is -2.42. The van der Waals surface area contributed by atoms with Gasteiger partial charge in [-0.3, -0.25) is 14.4 Å². The molecule has 2 amide bonds. The number of amides is 2. The monoisotopic (exact) mass is 430 g/mol. The molecular formula is C21H22N2O6S. The van der Waals surface area contributed by atoms with Gasteiger partial charge in [0.15, 0.2) is 21.7 Å². The molecule has 0 spiro atoms. The number of ether oxygens (including phenoxy) is 1. The summed E-state index contributed by atoms with van der Waals surface area (Å²) < 4.78 is 30.2. The topological polar surface area (TPSA) is 110 Å². The summed E-state index contributed by atoms with van der Waals surface area (Å²) in [5.74, 6) is -2.85. The summed E-state index contributed by atoms with van der Waals surface area (Å²) in [4.78, 5) is 38.1. The lowest BCUT2D eigenvalue weighted by molar-refractivity contribution is -0.125. The Labute approximate surface area is 174 Å². The van der Waals surface area contributed by atoms with Crippen molar-refractivity contribution in [2.75, 3.05) is 28.8 Å². The Hall–Kier alpha value is -3.20. The molecule has 0 saturated carbocycles. The third-order valence-corrected chi connectivity index (χ3v) is 6.03. The number of nitrogens with zero attached hydrogens (tertiary/aromatic N) is 1. The van der Waals surface area contributed by atoms with Crippen LogP contribution in [-0.2, 0) is 19.4 Å². The van der Waals surface area contributed by atoms with Gasteiger partial charge in [0, 0.05) is 18.3 Å². The Bertz CT molecular complexity index is 1130. The first-order chi connectivity index (χ1) is 14.1. The van der Waals surface area contributed by atoms with Crippen LogP contribution in [0.2, 0.25) is 0 Å². The fraction of sp³-hybridized carbons (Fsp3) is 0.286. The number of hydrogen-bond donors (Lipinski definition) is 1. The van der Waals surface area contributed by atoms with Crippen LogP contribution in [0.3, 0.4) is 0 Å². The number of likely N-dealkylation sites (N-methyl/N-ethyl adjacent to an activating group) is 1. The molecular weight excluding hydrogens is 408 g/mol. The third-order valence-electron chi connectivity index (χ3n) is 4.63. The lowest BCUT2D eigenvalue weighted by atomic mass is 10.1. The van der Waals surface area contributed by atoms with Crippen molar-refractivity contribution in [1.82, 2.24) is 0 Å². The Morgan fingerprint density at radius 2 is 1.87 bits per heavy atom. The van der Waals surface area contributed by atoms with E-state index in [0.717, 1.165) is 5.56 Å². The molecule has 9 heteroatoms. The van der Waals surface area contributed by atoms with Crippen molar-refractivity contribution in [1.29, 1.82) is 0 Å². The Morgan fingerprint density at radius 3 is 2.57 bits per heavy atom. The van der Waals surface area contributed by atoms with Crippen molar-refractivity contribution >= 4 is 38.8 Å². The van der Waals surface area contributed by atoms with E-state index in [-0.39, 0.29) is 11.5 Å². The van der Waals surface area contributed by atoms with Crippen LogP contribution >= 0.6 is 0 Å². The van der Waals surface area contributed by atoms with Crippen LogP contribution in [0.25, 0.3) is 0 Å². The van der Waals surface area contributed by atoms with Crippen molar-refractivity contribution in [3.05, 3.63) is 53.6 Å². The van der Waals surface area contributed by atoms with Gasteiger partial charge < -0.3 is 15.0 Å². The third kappa shape index (κ3) is 4.85. The van der Waals surface area contributed by atoms with Crippen LogP contribution in [0.4, 0.5) is 11.4 Å². The number of carbonyl (C=O) groups is 3. The summed E-state index contributed by atoms with van der Waals surface area (Å²) in [6, 6.07) is 11.3. The van der Waals surface area contributed by atoms with Crippen molar-refractivity contribution in [2.24, 2.45) is 0 Å². The normalized spacial score (nSPS) is 15.9. The van der Waals surface area contributed by atoms with Crippen LogP contribution in [-0.4, -0.2) is 50.7 Å². The SMILES string of the molecule is Cc1cccc(NC(=O)CS(=O)(=O)CC(=O)c2ccc3c(c2)N(C)C(=O)C(C)O3)c1. The van der Waals surface area contributed by atoms with Gasteiger partial charge in [-0.15, -0.1) is 0 Å². The molecule has 0 aromatic heterocycles. The van der Waals surface area contributed by atoms with Gasteiger partial charge in [-0.2, -0.15) is 0 Å². The molecule has 3 rings (SSSR count). The number of hydrogen-bond acceptors (Lipinski definition) is 6. The predicted molar refractivity (Wildman–Crippen MR) is 113 cm³/mol. The van der Waals surface area contributed by atoms with E-state index in [1.165, 1.54) is 23.1 Å². The Morgan fingerprint density at radius 1 is 1.13 bits per heavy atom. The molecule has 2 aromatic carbocycles. The molecule has 30 heavy (non-hydrogen) atoms. The number of anilines is 2. The molecule has 1 aliphatic rings. The first-order valence-corrected chi connectivity index (χ1v) is 11.1. The Balaban J connectivity index is 1.69. The fourth-order valence-electron chi connectivity index (χ4n) is 3.14. The number of ketones is 1. The number of fused-ring (bicyclic) bond motifs is 1. The van der Waals surface area contributed by atoms with Gasteiger partial charge >= 0.3 is 0 Å². The summed E-state index contributed by atoms with van der Waals surface area (Å²) in [6.45, 7) is 3.47. The highest BCUT2D eigenvalue weighted by Crippen LogP contribution is 2.34. The second kappa shape index (κ2) is 8.27. The van der Waals surface area contributed by atoms with E-state index in [9.17, 15) is 22.8 Å². The van der Waals surface area contributed by atoms with Gasteiger partial charge in [-0.05, 0) is 49.7 Å². The average Bonchev–Trinajstić information content (AvgIpc) is 2.65. The molecule has 1 heterocycles. The lowest BCUT2D eigenvalue weighted by Gasteiger charge is -2.30. The van der Waals surface area contributed by atoms with Gasteiger partial charge in [0.25, 0.3) is 5.91 Å². The van der Waals surface area contributed by atoms with E-state index in [1.54, 1.807) is 32.2 Å². The summed E-state index contributed by atoms with van der Waals surface area (Å²) in [5.41, 5.74) is 1.91. The van der Waals surface area contributed by atoms with Crippen LogP contribution in [0.5, 0.6) is 5.75 Å². The van der Waals surface area contributed by atoms with Gasteiger partial charge in [-0.25, -0.2) is 8.42 Å². The molecule has 1 unspecified atom stereocenters. The van der Waals surface area contributed by atoms with Crippen molar-refractivity contribution in [3.63, 3.8) is 0 Å². The van der Waals surface area contributed by atoms with Crippen LogP contribution in [0, 0.1) is 6.92 Å². The van der Waals surface area contributed by atoms with E-state index in [2.05, 4.69) is 5.32 Å². The van der Waals surface area contributed by atoms with E-state index < -0.39 is 39.1 Å². The molecule has 2 aromatic rings. The maximum Gasteiger partial charge on any atom is 0.267 e. The quantitative estimate of drug-likeness (QED) is 0.702. The molecule has 0 saturated heterocycles. The molecule has 1 atom stereocenters. The molecule has 0 fully saturated rings. The van der Waals surface area contributed by atoms with Crippen molar-refractivity contribution < 1.29 is 27.5 Å². The zero-order valence-corrected chi connectivity index (χ0v) is 17.7. The maximum absolute atomic E-state index is 12.5. The standard InChI is InChI=1S/C21H22N2O6S/c1-13-5-4-6-16(9-13)22-20(25)12-30(27,28)11-18(24)15-7-8-19-17(10-15)23(3)21(26)14(2)29-19/h4-10,14H,11-12H2,1-3H3,(H,22,25). The van der Waals surface area contributed by atoms with Gasteiger partial charge in [0.1, 0.15) is 17.3 Å². The first-order valence-electron chi connectivity index (χ1n) is 9.24. The van der Waals surface area contributed by atoms with Gasteiger partial charge in [0.05, 0.1) is 5.69 Å². The number of rotatable bonds is 6. The molecule has 0 radical (unpaired) electrons. The molecule has 8 nitrogen and oxygen atoms in total. The van der Waals surface area contributed by atoms with Crippen LogP contribution in [0.15, 0.2) is 42.5 Å². The second-order valence-electron chi connectivity index (χ2n) is 7.21.